The first-order chi connectivity index (χ1) is 19.2. The largest absolute Gasteiger partial charge is 0.416 e. The van der Waals surface area contributed by atoms with Crippen molar-refractivity contribution in [2.24, 2.45) is 0 Å². The Bertz CT molecular complexity index is 1460. The van der Waals surface area contributed by atoms with E-state index in [-0.39, 0.29) is 38.5 Å². The Morgan fingerprint density at radius 3 is 2.05 bits per heavy atom. The summed E-state index contributed by atoms with van der Waals surface area (Å²) < 4.78 is 80.2. The molecule has 2 aliphatic rings. The molecule has 0 saturated carbocycles. The third-order valence-corrected chi connectivity index (χ3v) is 8.32. The van der Waals surface area contributed by atoms with Crippen LogP contribution < -0.4 is 4.90 Å². The van der Waals surface area contributed by atoms with Crippen molar-refractivity contribution in [3.05, 3.63) is 87.1 Å². The van der Waals surface area contributed by atoms with E-state index in [0.29, 0.717) is 17.8 Å². The molecule has 4 amide bonds. The van der Waals surface area contributed by atoms with Crippen LogP contribution in [0.3, 0.4) is 0 Å². The molecule has 3 aromatic rings. The van der Waals surface area contributed by atoms with Gasteiger partial charge in [-0.25, -0.2) is 4.79 Å². The maximum atomic E-state index is 13.9. The Kier molecular flexibility index (Phi) is 7.13. The second-order valence-electron chi connectivity index (χ2n) is 9.99. The standard InChI is InChI=1S/C28H23F6N3O3S/c1-17-5-2-3-7-22(17)37-25(40)36(16-21-6-4-12-41-21)24(39)26(37)8-10-35(11-9-26)23(38)18-13-19(27(29,30)31)15-20(14-18)28(32,33)34/h2-7,12-15H,8-11,16H2,1H3. The fourth-order valence-electron chi connectivity index (χ4n) is 5.36. The zero-order valence-electron chi connectivity index (χ0n) is 21.6. The van der Waals surface area contributed by atoms with Gasteiger partial charge in [-0.1, -0.05) is 24.3 Å². The fourth-order valence-corrected chi connectivity index (χ4v) is 6.05. The van der Waals surface area contributed by atoms with Gasteiger partial charge in [0.05, 0.1) is 17.7 Å². The van der Waals surface area contributed by atoms with Gasteiger partial charge in [0.1, 0.15) is 5.54 Å². The summed E-state index contributed by atoms with van der Waals surface area (Å²) in [5, 5.41) is 1.82. The number of urea groups is 1. The number of nitrogens with zero attached hydrogens (tertiary/aromatic N) is 3. The van der Waals surface area contributed by atoms with Gasteiger partial charge in [0.2, 0.25) is 0 Å². The van der Waals surface area contributed by atoms with Crippen LogP contribution in [0, 0.1) is 6.92 Å². The van der Waals surface area contributed by atoms with E-state index in [1.54, 1.807) is 43.3 Å². The molecule has 216 valence electrons. The van der Waals surface area contributed by atoms with Crippen molar-refractivity contribution in [2.75, 3.05) is 18.0 Å². The lowest BCUT2D eigenvalue weighted by molar-refractivity contribution is -0.143. The Balaban J connectivity index is 1.46. The highest BCUT2D eigenvalue weighted by molar-refractivity contribution is 7.09. The van der Waals surface area contributed by atoms with E-state index in [2.05, 4.69) is 0 Å². The highest BCUT2D eigenvalue weighted by Gasteiger charge is 2.59. The smallest absolute Gasteiger partial charge is 0.338 e. The van der Waals surface area contributed by atoms with Crippen molar-refractivity contribution in [1.29, 1.82) is 0 Å². The van der Waals surface area contributed by atoms with Crippen LogP contribution in [0.2, 0.25) is 0 Å². The number of hydrogen-bond donors (Lipinski definition) is 0. The van der Waals surface area contributed by atoms with E-state index in [1.165, 1.54) is 16.2 Å². The summed E-state index contributed by atoms with van der Waals surface area (Å²) in [6.07, 6.45) is -10.3. The third kappa shape index (κ3) is 5.18. The molecular formula is C28H23F6N3O3S. The topological polar surface area (TPSA) is 60.9 Å². The molecule has 2 fully saturated rings. The molecule has 0 aliphatic carbocycles. The summed E-state index contributed by atoms with van der Waals surface area (Å²) in [6.45, 7) is 1.51. The minimum atomic E-state index is -5.10. The molecule has 41 heavy (non-hydrogen) atoms. The van der Waals surface area contributed by atoms with E-state index in [4.69, 9.17) is 0 Å². The monoisotopic (exact) mass is 595 g/mol. The Morgan fingerprint density at radius 2 is 1.51 bits per heavy atom. The number of para-hydroxylation sites is 1. The molecule has 0 bridgehead atoms. The molecule has 0 N–H and O–H groups in total. The highest BCUT2D eigenvalue weighted by Crippen LogP contribution is 2.43. The van der Waals surface area contributed by atoms with Crippen molar-refractivity contribution < 1.29 is 40.7 Å². The summed E-state index contributed by atoms with van der Waals surface area (Å²) in [7, 11) is 0. The number of imide groups is 1. The van der Waals surface area contributed by atoms with E-state index in [1.807, 2.05) is 5.38 Å². The number of carbonyl (C=O) groups is 3. The van der Waals surface area contributed by atoms with Crippen LogP contribution in [-0.2, 0) is 23.7 Å². The first-order valence-electron chi connectivity index (χ1n) is 12.6. The molecule has 13 heteroatoms. The number of amides is 4. The maximum Gasteiger partial charge on any atom is 0.416 e. The van der Waals surface area contributed by atoms with E-state index in [0.717, 1.165) is 20.2 Å². The number of hydrogen-bond acceptors (Lipinski definition) is 4. The van der Waals surface area contributed by atoms with Crippen molar-refractivity contribution in [1.82, 2.24) is 9.80 Å². The molecule has 2 saturated heterocycles. The molecule has 2 aromatic carbocycles. The van der Waals surface area contributed by atoms with Crippen molar-refractivity contribution in [3.8, 4) is 0 Å². The molecule has 3 heterocycles. The normalized spacial score (nSPS) is 17.6. The van der Waals surface area contributed by atoms with Crippen molar-refractivity contribution >= 4 is 34.9 Å². The average molecular weight is 596 g/mol. The number of alkyl halides is 6. The minimum Gasteiger partial charge on any atom is -0.338 e. The number of rotatable bonds is 4. The lowest BCUT2D eigenvalue weighted by Crippen LogP contribution is -2.57. The lowest BCUT2D eigenvalue weighted by atomic mass is 9.84. The second-order valence-corrected chi connectivity index (χ2v) is 11.0. The Labute approximate surface area is 234 Å². The van der Waals surface area contributed by atoms with Gasteiger partial charge >= 0.3 is 18.4 Å². The Hall–Kier alpha value is -3.87. The van der Waals surface area contributed by atoms with Crippen molar-refractivity contribution in [3.63, 3.8) is 0 Å². The predicted octanol–water partition coefficient (Wildman–Crippen LogP) is 6.74. The highest BCUT2D eigenvalue weighted by atomic mass is 32.1. The summed E-state index contributed by atoms with van der Waals surface area (Å²) in [4.78, 5) is 45.3. The minimum absolute atomic E-state index is 0.0347. The van der Waals surface area contributed by atoms with Crippen LogP contribution >= 0.6 is 11.3 Å². The SMILES string of the molecule is Cc1ccccc1N1C(=O)N(Cc2cccs2)C(=O)C12CCN(C(=O)c1cc(C(F)(F)F)cc(C(F)(F)F)c1)CC2. The number of benzene rings is 2. The number of likely N-dealkylation sites (tertiary alicyclic amines) is 1. The van der Waals surface area contributed by atoms with Gasteiger partial charge in [0.25, 0.3) is 11.8 Å². The second kappa shape index (κ2) is 10.2. The number of aryl methyl sites for hydroxylation is 1. The molecular weight excluding hydrogens is 572 g/mol. The maximum absolute atomic E-state index is 13.9. The average Bonchev–Trinajstić information content (AvgIpc) is 3.50. The molecule has 6 nitrogen and oxygen atoms in total. The molecule has 2 aliphatic heterocycles. The van der Waals surface area contributed by atoms with Crippen LogP contribution in [0.4, 0.5) is 36.8 Å². The molecule has 0 unspecified atom stereocenters. The molecule has 1 aromatic heterocycles. The fraction of sp³-hybridized carbons (Fsp3) is 0.321. The van der Waals surface area contributed by atoms with E-state index in [9.17, 15) is 40.7 Å². The van der Waals surface area contributed by atoms with Crippen LogP contribution in [0.15, 0.2) is 60.0 Å². The van der Waals surface area contributed by atoms with Gasteiger partial charge in [-0.3, -0.25) is 19.4 Å². The quantitative estimate of drug-likeness (QED) is 0.248. The Morgan fingerprint density at radius 1 is 0.902 bits per heavy atom. The van der Waals surface area contributed by atoms with Gasteiger partial charge in [0.15, 0.2) is 0 Å². The molecule has 0 atom stereocenters. The van der Waals surface area contributed by atoms with E-state index < -0.39 is 52.4 Å². The summed E-state index contributed by atoms with van der Waals surface area (Å²) >= 11 is 1.38. The predicted molar refractivity (Wildman–Crippen MR) is 138 cm³/mol. The molecule has 1 spiro atoms. The van der Waals surface area contributed by atoms with Gasteiger partial charge in [-0.05, 0) is 61.0 Å². The van der Waals surface area contributed by atoms with Gasteiger partial charge in [-0.15, -0.1) is 11.3 Å². The van der Waals surface area contributed by atoms with Crippen LogP contribution in [-0.4, -0.2) is 46.3 Å². The number of carbonyl (C=O) groups excluding carboxylic acids is 3. The first-order valence-corrected chi connectivity index (χ1v) is 13.4. The first kappa shape index (κ1) is 28.7. The summed E-state index contributed by atoms with van der Waals surface area (Å²) in [6, 6.07) is 10.8. The van der Waals surface area contributed by atoms with Gasteiger partial charge in [0, 0.05) is 29.2 Å². The summed E-state index contributed by atoms with van der Waals surface area (Å²) in [5.74, 6) is -1.49. The van der Waals surface area contributed by atoms with Gasteiger partial charge < -0.3 is 4.90 Å². The number of anilines is 1. The summed E-state index contributed by atoms with van der Waals surface area (Å²) in [5.41, 5.74) is -4.07. The van der Waals surface area contributed by atoms with Gasteiger partial charge in [-0.2, -0.15) is 26.3 Å². The zero-order valence-corrected chi connectivity index (χ0v) is 22.4. The van der Waals surface area contributed by atoms with Crippen LogP contribution in [0.5, 0.6) is 0 Å². The number of piperidine rings is 1. The van der Waals surface area contributed by atoms with Crippen LogP contribution in [0.1, 0.15) is 44.8 Å². The number of thiophene rings is 1. The zero-order chi connectivity index (χ0) is 29.7. The molecule has 5 rings (SSSR count). The molecule has 0 radical (unpaired) electrons. The van der Waals surface area contributed by atoms with Crippen molar-refractivity contribution in [2.45, 2.75) is 44.2 Å². The van der Waals surface area contributed by atoms with Crippen LogP contribution in [0.25, 0.3) is 0 Å². The third-order valence-electron chi connectivity index (χ3n) is 7.46. The lowest BCUT2D eigenvalue weighted by Gasteiger charge is -2.42. The number of halogens is 6. The van der Waals surface area contributed by atoms with E-state index >= 15 is 0 Å².